The maximum Gasteiger partial charge on any atom is 0.416 e. The maximum atomic E-state index is 13.1. The predicted octanol–water partition coefficient (Wildman–Crippen LogP) is 4.27. The highest BCUT2D eigenvalue weighted by molar-refractivity contribution is 7.22. The third kappa shape index (κ3) is 5.29. The van der Waals surface area contributed by atoms with E-state index in [1.54, 1.807) is 17.0 Å². The number of rotatable bonds is 5. The van der Waals surface area contributed by atoms with E-state index in [0.717, 1.165) is 35.4 Å². The van der Waals surface area contributed by atoms with Gasteiger partial charge in [-0.25, -0.2) is 9.78 Å². The zero-order valence-corrected chi connectivity index (χ0v) is 17.9. The number of morpholine rings is 1. The molecular formula is C21H22F3N5O2S. The van der Waals surface area contributed by atoms with Crippen LogP contribution in [0, 0.1) is 0 Å². The molecule has 32 heavy (non-hydrogen) atoms. The Morgan fingerprint density at radius 1 is 1.19 bits per heavy atom. The number of benzene rings is 2. The van der Waals surface area contributed by atoms with Gasteiger partial charge in [-0.2, -0.15) is 13.2 Å². The number of alkyl halides is 3. The normalized spacial score (nSPS) is 15.1. The van der Waals surface area contributed by atoms with Crippen LogP contribution in [0.1, 0.15) is 5.56 Å². The molecule has 0 saturated carbocycles. The minimum absolute atomic E-state index is 0.280. The number of amides is 2. The highest BCUT2D eigenvalue weighted by Crippen LogP contribution is 2.31. The molecule has 3 aromatic rings. The summed E-state index contributed by atoms with van der Waals surface area (Å²) in [6.07, 6.45) is -4.43. The molecule has 1 saturated heterocycles. The first kappa shape index (κ1) is 22.3. The molecule has 1 aliphatic rings. The van der Waals surface area contributed by atoms with E-state index in [4.69, 9.17) is 10.5 Å². The van der Waals surface area contributed by atoms with Crippen molar-refractivity contribution in [2.24, 2.45) is 0 Å². The van der Waals surface area contributed by atoms with Gasteiger partial charge in [0, 0.05) is 37.6 Å². The number of halogens is 3. The summed E-state index contributed by atoms with van der Waals surface area (Å²) >= 11 is 1.32. The summed E-state index contributed by atoms with van der Waals surface area (Å²) in [5.74, 6) is 0. The molecule has 0 aliphatic carbocycles. The van der Waals surface area contributed by atoms with E-state index in [0.29, 0.717) is 37.1 Å². The van der Waals surface area contributed by atoms with Crippen LogP contribution >= 0.6 is 11.3 Å². The van der Waals surface area contributed by atoms with Gasteiger partial charge in [-0.15, -0.1) is 0 Å². The molecular weight excluding hydrogens is 443 g/mol. The molecule has 0 atom stereocenters. The second-order valence-electron chi connectivity index (χ2n) is 7.32. The molecule has 4 rings (SSSR count). The van der Waals surface area contributed by atoms with Gasteiger partial charge in [0.15, 0.2) is 5.13 Å². The lowest BCUT2D eigenvalue weighted by Gasteiger charge is -2.30. The van der Waals surface area contributed by atoms with E-state index in [-0.39, 0.29) is 5.69 Å². The Morgan fingerprint density at radius 2 is 1.91 bits per heavy atom. The first-order valence-corrected chi connectivity index (χ1v) is 10.8. The minimum atomic E-state index is -4.43. The SMILES string of the molecule is Nc1nc2ccc(N(CCN3CCOCC3)C(=O)Nc3ccc(C(F)(F)F)cc3)cc2s1. The summed E-state index contributed by atoms with van der Waals surface area (Å²) in [5, 5.41) is 3.14. The first-order chi connectivity index (χ1) is 15.3. The van der Waals surface area contributed by atoms with Crippen molar-refractivity contribution in [3.8, 4) is 0 Å². The molecule has 2 heterocycles. The topological polar surface area (TPSA) is 83.7 Å². The zero-order valence-electron chi connectivity index (χ0n) is 17.1. The molecule has 1 aromatic heterocycles. The van der Waals surface area contributed by atoms with Crippen LogP contribution in [0.3, 0.4) is 0 Å². The van der Waals surface area contributed by atoms with Gasteiger partial charge in [-0.1, -0.05) is 11.3 Å². The number of hydrogen-bond acceptors (Lipinski definition) is 6. The quantitative estimate of drug-likeness (QED) is 0.588. The Labute approximate surface area is 186 Å². The number of nitrogens with two attached hydrogens (primary N) is 1. The maximum absolute atomic E-state index is 13.1. The molecule has 0 spiro atoms. The number of aromatic nitrogens is 1. The summed E-state index contributed by atoms with van der Waals surface area (Å²) in [7, 11) is 0. The average molecular weight is 466 g/mol. The number of ether oxygens (including phenoxy) is 1. The van der Waals surface area contributed by atoms with Crippen LogP contribution in [0.5, 0.6) is 0 Å². The molecule has 11 heteroatoms. The highest BCUT2D eigenvalue weighted by Gasteiger charge is 2.30. The molecule has 1 fully saturated rings. The number of carbonyl (C=O) groups is 1. The van der Waals surface area contributed by atoms with E-state index in [1.165, 1.54) is 23.5 Å². The second-order valence-corrected chi connectivity index (χ2v) is 8.38. The average Bonchev–Trinajstić information content (AvgIpc) is 3.14. The Bertz CT molecular complexity index is 1080. The van der Waals surface area contributed by atoms with Crippen LogP contribution in [0.4, 0.5) is 34.5 Å². The Kier molecular flexibility index (Phi) is 6.49. The summed E-state index contributed by atoms with van der Waals surface area (Å²) in [6.45, 7) is 3.87. The van der Waals surface area contributed by atoms with Crippen LogP contribution in [0.2, 0.25) is 0 Å². The van der Waals surface area contributed by atoms with Gasteiger partial charge >= 0.3 is 12.2 Å². The van der Waals surface area contributed by atoms with Crippen molar-refractivity contribution in [1.29, 1.82) is 0 Å². The van der Waals surface area contributed by atoms with Gasteiger partial charge in [0.2, 0.25) is 0 Å². The molecule has 0 radical (unpaired) electrons. The van der Waals surface area contributed by atoms with E-state index in [1.807, 2.05) is 6.07 Å². The number of anilines is 3. The number of urea groups is 1. The minimum Gasteiger partial charge on any atom is -0.379 e. The standard InChI is InChI=1S/C21H22F3N5O2S/c22-21(23,24)14-1-3-15(4-2-14)26-20(30)29(8-7-28-9-11-31-12-10-28)16-5-6-17-18(13-16)32-19(25)27-17/h1-6,13H,7-12H2,(H2,25,27)(H,26,30). The molecule has 0 unspecified atom stereocenters. The fraction of sp³-hybridized carbons (Fsp3) is 0.333. The van der Waals surface area contributed by atoms with Crippen molar-refractivity contribution in [3.63, 3.8) is 0 Å². The predicted molar refractivity (Wildman–Crippen MR) is 119 cm³/mol. The Hall–Kier alpha value is -2.89. The molecule has 3 N–H and O–H groups in total. The molecule has 7 nitrogen and oxygen atoms in total. The molecule has 1 aliphatic heterocycles. The Morgan fingerprint density at radius 3 is 2.59 bits per heavy atom. The second kappa shape index (κ2) is 9.31. The van der Waals surface area contributed by atoms with Gasteiger partial charge in [-0.3, -0.25) is 9.80 Å². The van der Waals surface area contributed by atoms with E-state index < -0.39 is 17.8 Å². The van der Waals surface area contributed by atoms with Crippen molar-refractivity contribution in [1.82, 2.24) is 9.88 Å². The number of fused-ring (bicyclic) bond motifs is 1. The van der Waals surface area contributed by atoms with Crippen LogP contribution in [-0.4, -0.2) is 55.3 Å². The monoisotopic (exact) mass is 465 g/mol. The lowest BCUT2D eigenvalue weighted by atomic mass is 10.2. The molecule has 170 valence electrons. The fourth-order valence-corrected chi connectivity index (χ4v) is 4.21. The summed E-state index contributed by atoms with van der Waals surface area (Å²) in [4.78, 5) is 21.1. The van der Waals surface area contributed by atoms with Crippen LogP contribution in [-0.2, 0) is 10.9 Å². The Balaban J connectivity index is 1.54. The summed E-state index contributed by atoms with van der Waals surface area (Å²) in [6, 6.07) is 9.36. The highest BCUT2D eigenvalue weighted by atomic mass is 32.1. The fourth-order valence-electron chi connectivity index (χ4n) is 3.45. The lowest BCUT2D eigenvalue weighted by Crippen LogP contribution is -2.44. The van der Waals surface area contributed by atoms with Gasteiger partial charge in [0.25, 0.3) is 0 Å². The van der Waals surface area contributed by atoms with Crippen molar-refractivity contribution in [2.75, 3.05) is 55.3 Å². The van der Waals surface area contributed by atoms with Crippen LogP contribution in [0.15, 0.2) is 42.5 Å². The first-order valence-electron chi connectivity index (χ1n) is 10.0. The number of nitrogens with zero attached hydrogens (tertiary/aromatic N) is 3. The van der Waals surface area contributed by atoms with Gasteiger partial charge in [0.05, 0.1) is 29.0 Å². The number of carbonyl (C=O) groups excluding carboxylic acids is 1. The molecule has 0 bridgehead atoms. The van der Waals surface area contributed by atoms with Crippen molar-refractivity contribution in [2.45, 2.75) is 6.18 Å². The van der Waals surface area contributed by atoms with E-state index in [2.05, 4.69) is 15.2 Å². The van der Waals surface area contributed by atoms with Crippen LogP contribution < -0.4 is 16.0 Å². The number of nitrogen functional groups attached to an aromatic ring is 1. The van der Waals surface area contributed by atoms with E-state index in [9.17, 15) is 18.0 Å². The van der Waals surface area contributed by atoms with Crippen molar-refractivity contribution >= 4 is 44.1 Å². The van der Waals surface area contributed by atoms with Crippen molar-refractivity contribution < 1.29 is 22.7 Å². The zero-order chi connectivity index (χ0) is 22.7. The summed E-state index contributed by atoms with van der Waals surface area (Å²) in [5.41, 5.74) is 6.70. The smallest absolute Gasteiger partial charge is 0.379 e. The number of nitrogens with one attached hydrogen (secondary N) is 1. The largest absolute Gasteiger partial charge is 0.416 e. The van der Waals surface area contributed by atoms with Crippen molar-refractivity contribution in [3.05, 3.63) is 48.0 Å². The van der Waals surface area contributed by atoms with Crippen LogP contribution in [0.25, 0.3) is 10.2 Å². The van der Waals surface area contributed by atoms with Gasteiger partial charge in [0.1, 0.15) is 0 Å². The van der Waals surface area contributed by atoms with Gasteiger partial charge < -0.3 is 15.8 Å². The lowest BCUT2D eigenvalue weighted by molar-refractivity contribution is -0.137. The van der Waals surface area contributed by atoms with E-state index >= 15 is 0 Å². The third-order valence-electron chi connectivity index (χ3n) is 5.15. The third-order valence-corrected chi connectivity index (χ3v) is 6.00. The molecule has 2 aromatic carbocycles. The number of hydrogen-bond donors (Lipinski definition) is 2. The summed E-state index contributed by atoms with van der Waals surface area (Å²) < 4.78 is 44.7. The number of thiazole rings is 1. The molecule has 2 amide bonds. The van der Waals surface area contributed by atoms with Gasteiger partial charge in [-0.05, 0) is 42.5 Å².